The minimum absolute atomic E-state index is 0.0469. The van der Waals surface area contributed by atoms with Crippen molar-refractivity contribution in [1.82, 2.24) is 14.5 Å². The van der Waals surface area contributed by atoms with Gasteiger partial charge in [0.15, 0.2) is 0 Å². The molecule has 0 aliphatic carbocycles. The van der Waals surface area contributed by atoms with E-state index in [0.29, 0.717) is 5.65 Å². The van der Waals surface area contributed by atoms with E-state index in [4.69, 9.17) is 4.74 Å². The number of thioether (sulfide) groups is 1. The van der Waals surface area contributed by atoms with Gasteiger partial charge in [-0.2, -0.15) is 0 Å². The largest absolute Gasteiger partial charge is 0.393 e. The number of nitrogens with zero attached hydrogens (tertiary/aromatic N) is 3. The van der Waals surface area contributed by atoms with Crippen molar-refractivity contribution in [2.24, 2.45) is 0 Å². The highest BCUT2D eigenvalue weighted by atomic mass is 32.2. The Morgan fingerprint density at radius 2 is 2.35 bits per heavy atom. The summed E-state index contributed by atoms with van der Waals surface area (Å²) in [7, 11) is 0. The Labute approximate surface area is 139 Å². The van der Waals surface area contributed by atoms with Gasteiger partial charge in [0.2, 0.25) is 5.72 Å². The number of fused-ring (bicyclic) bond motifs is 3. The Bertz CT molecular complexity index is 880. The smallest absolute Gasteiger partial charge is 0.201 e. The van der Waals surface area contributed by atoms with Gasteiger partial charge in [-0.15, -0.1) is 23.1 Å². The van der Waals surface area contributed by atoms with Gasteiger partial charge >= 0.3 is 0 Å². The topological polar surface area (TPSA) is 101 Å². The number of aliphatic hydroxyl groups is 3. The van der Waals surface area contributed by atoms with E-state index < -0.39 is 24.5 Å². The quantitative estimate of drug-likeness (QED) is 0.472. The van der Waals surface area contributed by atoms with E-state index in [1.807, 2.05) is 17.7 Å². The molecule has 4 rings (SSSR count). The van der Waals surface area contributed by atoms with E-state index in [1.54, 1.807) is 4.57 Å². The molecule has 3 atom stereocenters. The predicted molar refractivity (Wildman–Crippen MR) is 87.7 cm³/mol. The summed E-state index contributed by atoms with van der Waals surface area (Å²) in [5.41, 5.74) is -1.25. The molecule has 3 N–H and O–H groups in total. The molecular formula is C14H15N3O4S2. The van der Waals surface area contributed by atoms with E-state index in [-0.39, 0.29) is 6.61 Å². The van der Waals surface area contributed by atoms with Crippen LogP contribution >= 0.6 is 23.1 Å². The predicted octanol–water partition coefficient (Wildman–Crippen LogP) is 0.765. The fourth-order valence-corrected chi connectivity index (χ4v) is 4.69. The maximum Gasteiger partial charge on any atom is 0.201 e. The van der Waals surface area contributed by atoms with E-state index in [0.717, 1.165) is 20.6 Å². The van der Waals surface area contributed by atoms with Crippen LogP contribution in [0.3, 0.4) is 0 Å². The number of hydrogen-bond acceptors (Lipinski definition) is 8. The van der Waals surface area contributed by atoms with Gasteiger partial charge in [0, 0.05) is 5.39 Å². The minimum Gasteiger partial charge on any atom is -0.393 e. The number of hydrogen-bond donors (Lipinski definition) is 3. The van der Waals surface area contributed by atoms with Crippen LogP contribution in [0.2, 0.25) is 0 Å². The second kappa shape index (κ2) is 5.40. The van der Waals surface area contributed by atoms with Crippen molar-refractivity contribution in [3.05, 3.63) is 17.8 Å². The van der Waals surface area contributed by atoms with Crippen LogP contribution < -0.4 is 0 Å². The van der Waals surface area contributed by atoms with Crippen molar-refractivity contribution in [2.45, 2.75) is 23.0 Å². The number of ether oxygens (including phenoxy) is 1. The standard InChI is InChI=1S/C14H15N3O4S2/c1-22-12-10-7-2-3-23-13(7)17(11(10)15-6-16-12)14(20)8(19)5-21-9(14)4-18/h2-3,6,8-9,18-20H,4-5H2,1H3/t8-,9+,14-/m0/s1. The zero-order valence-electron chi connectivity index (χ0n) is 12.2. The maximum atomic E-state index is 11.2. The Morgan fingerprint density at radius 3 is 3.09 bits per heavy atom. The molecule has 0 aromatic carbocycles. The van der Waals surface area contributed by atoms with Crippen LogP contribution in [-0.4, -0.2) is 61.5 Å². The Balaban J connectivity index is 2.12. The molecule has 4 heterocycles. The molecule has 0 amide bonds. The summed E-state index contributed by atoms with van der Waals surface area (Å²) in [4.78, 5) is 9.39. The molecule has 0 radical (unpaired) electrons. The highest BCUT2D eigenvalue weighted by Crippen LogP contribution is 2.42. The van der Waals surface area contributed by atoms with Crippen LogP contribution in [0.25, 0.3) is 21.3 Å². The third kappa shape index (κ3) is 1.92. The normalized spacial score (nSPS) is 28.2. The minimum atomic E-state index is -1.77. The van der Waals surface area contributed by atoms with Gasteiger partial charge in [-0.25, -0.2) is 9.97 Å². The van der Waals surface area contributed by atoms with Crippen molar-refractivity contribution in [3.8, 4) is 0 Å². The molecule has 9 heteroatoms. The molecule has 1 saturated heterocycles. The lowest BCUT2D eigenvalue weighted by atomic mass is 10.0. The molecule has 23 heavy (non-hydrogen) atoms. The average Bonchev–Trinajstić information content (AvgIpc) is 3.21. The summed E-state index contributed by atoms with van der Waals surface area (Å²) in [6.07, 6.45) is 1.28. The van der Waals surface area contributed by atoms with Gasteiger partial charge in [0.1, 0.15) is 34.0 Å². The number of rotatable bonds is 3. The lowest BCUT2D eigenvalue weighted by molar-refractivity contribution is -0.145. The zero-order valence-corrected chi connectivity index (χ0v) is 13.8. The monoisotopic (exact) mass is 353 g/mol. The highest BCUT2D eigenvalue weighted by Gasteiger charge is 2.53. The summed E-state index contributed by atoms with van der Waals surface area (Å²) in [6.45, 7) is -0.449. The van der Waals surface area contributed by atoms with Crippen molar-refractivity contribution in [1.29, 1.82) is 0 Å². The van der Waals surface area contributed by atoms with Crippen molar-refractivity contribution in [2.75, 3.05) is 19.5 Å². The van der Waals surface area contributed by atoms with E-state index in [1.165, 1.54) is 29.4 Å². The number of aromatic nitrogens is 3. The van der Waals surface area contributed by atoms with Crippen LogP contribution in [0.15, 0.2) is 22.8 Å². The molecule has 1 aliphatic heterocycles. The summed E-state index contributed by atoms with van der Waals surface area (Å²) in [6, 6.07) is 1.95. The van der Waals surface area contributed by atoms with Gasteiger partial charge in [-0.1, -0.05) is 0 Å². The SMILES string of the molecule is CSc1ncnc2c1c1ccsc1n2[C@]1(O)[C@@H](O)CO[C@@H]1CO. The Morgan fingerprint density at radius 1 is 1.52 bits per heavy atom. The van der Waals surface area contributed by atoms with Gasteiger partial charge in [-0.3, -0.25) is 4.57 Å². The molecule has 7 nitrogen and oxygen atoms in total. The van der Waals surface area contributed by atoms with Crippen LogP contribution in [-0.2, 0) is 10.5 Å². The molecule has 0 saturated carbocycles. The summed E-state index contributed by atoms with van der Waals surface area (Å²) in [5, 5.41) is 35.6. The summed E-state index contributed by atoms with van der Waals surface area (Å²) in [5.74, 6) is 0. The fraction of sp³-hybridized carbons (Fsp3) is 0.429. The molecule has 122 valence electrons. The number of thiophene rings is 1. The Hall–Kier alpha value is -1.23. The fourth-order valence-electron chi connectivity index (χ4n) is 3.16. The van der Waals surface area contributed by atoms with Gasteiger partial charge in [-0.05, 0) is 17.7 Å². The van der Waals surface area contributed by atoms with E-state index in [9.17, 15) is 15.3 Å². The zero-order chi connectivity index (χ0) is 16.2. The summed E-state index contributed by atoms with van der Waals surface area (Å²) >= 11 is 2.93. The average molecular weight is 353 g/mol. The molecule has 3 aromatic rings. The second-order valence-electron chi connectivity index (χ2n) is 5.36. The third-order valence-electron chi connectivity index (χ3n) is 4.26. The van der Waals surface area contributed by atoms with E-state index in [2.05, 4.69) is 9.97 Å². The first-order valence-electron chi connectivity index (χ1n) is 7.02. The molecule has 0 bridgehead atoms. The highest BCUT2D eigenvalue weighted by molar-refractivity contribution is 7.98. The molecule has 0 unspecified atom stereocenters. The van der Waals surface area contributed by atoms with Crippen molar-refractivity contribution < 1.29 is 20.1 Å². The lowest BCUT2D eigenvalue weighted by Gasteiger charge is -2.32. The van der Waals surface area contributed by atoms with Crippen LogP contribution in [0.4, 0.5) is 0 Å². The molecule has 1 fully saturated rings. The maximum absolute atomic E-state index is 11.2. The third-order valence-corrected chi connectivity index (χ3v) is 5.85. The van der Waals surface area contributed by atoms with Gasteiger partial charge in [0.05, 0.1) is 18.6 Å². The Kier molecular flexibility index (Phi) is 3.59. The molecule has 1 aliphatic rings. The summed E-state index contributed by atoms with van der Waals surface area (Å²) < 4.78 is 6.96. The van der Waals surface area contributed by atoms with Crippen LogP contribution in [0, 0.1) is 0 Å². The molecule has 0 spiro atoms. The van der Waals surface area contributed by atoms with Crippen LogP contribution in [0.1, 0.15) is 0 Å². The molecular weight excluding hydrogens is 338 g/mol. The van der Waals surface area contributed by atoms with E-state index >= 15 is 0 Å². The van der Waals surface area contributed by atoms with Crippen molar-refractivity contribution >= 4 is 44.3 Å². The first-order valence-corrected chi connectivity index (χ1v) is 9.13. The molecule has 3 aromatic heterocycles. The van der Waals surface area contributed by atoms with Gasteiger partial charge < -0.3 is 20.1 Å². The first kappa shape index (κ1) is 15.3. The van der Waals surface area contributed by atoms with Crippen LogP contribution in [0.5, 0.6) is 0 Å². The van der Waals surface area contributed by atoms with Gasteiger partial charge in [0.25, 0.3) is 0 Å². The first-order chi connectivity index (χ1) is 11.1. The second-order valence-corrected chi connectivity index (χ2v) is 7.05. The number of aliphatic hydroxyl groups excluding tert-OH is 2. The lowest BCUT2D eigenvalue weighted by Crippen LogP contribution is -2.50. The van der Waals surface area contributed by atoms with Crippen molar-refractivity contribution in [3.63, 3.8) is 0 Å².